The average Bonchev–Trinajstić information content (AvgIpc) is 3.04. The van der Waals surface area contributed by atoms with E-state index in [2.05, 4.69) is 21.1 Å². The summed E-state index contributed by atoms with van der Waals surface area (Å²) in [6, 6.07) is 12.1. The van der Waals surface area contributed by atoms with Crippen LogP contribution in [-0.4, -0.2) is 19.6 Å². The van der Waals surface area contributed by atoms with E-state index in [-0.39, 0.29) is 0 Å². The van der Waals surface area contributed by atoms with Gasteiger partial charge in [-0.3, -0.25) is 0 Å². The molecule has 4 heteroatoms. The topological polar surface area (TPSA) is 46.0 Å². The lowest BCUT2D eigenvalue weighted by atomic mass is 10.2. The number of hydrogen-bond acceptors (Lipinski definition) is 2. The third kappa shape index (κ3) is 1.32. The van der Waals surface area contributed by atoms with Crippen molar-refractivity contribution < 1.29 is 0 Å². The third-order valence-corrected chi connectivity index (χ3v) is 3.07. The van der Waals surface area contributed by atoms with Crippen molar-refractivity contribution in [3.63, 3.8) is 0 Å². The molecule has 0 bridgehead atoms. The molecule has 0 saturated heterocycles. The summed E-state index contributed by atoms with van der Waals surface area (Å²) in [4.78, 5) is 7.77. The van der Waals surface area contributed by atoms with E-state index >= 15 is 0 Å². The molecule has 0 radical (unpaired) electrons. The van der Waals surface area contributed by atoms with Gasteiger partial charge in [-0.05, 0) is 36.4 Å². The lowest BCUT2D eigenvalue weighted by molar-refractivity contribution is 0.941. The maximum atomic E-state index is 4.63. The van der Waals surface area contributed by atoms with Gasteiger partial charge in [-0.25, -0.2) is 9.50 Å². The highest BCUT2D eigenvalue weighted by atomic mass is 15.2. The smallest absolute Gasteiger partial charge is 0.0886 e. The van der Waals surface area contributed by atoms with Gasteiger partial charge in [-0.1, -0.05) is 0 Å². The van der Waals surface area contributed by atoms with Gasteiger partial charge in [-0.15, -0.1) is 0 Å². The minimum Gasteiger partial charge on any atom is -0.360 e. The Kier molecular flexibility index (Phi) is 1.80. The molecule has 0 saturated carbocycles. The second kappa shape index (κ2) is 3.43. The average molecular weight is 234 g/mol. The second-order valence-electron chi connectivity index (χ2n) is 4.23. The largest absolute Gasteiger partial charge is 0.360 e. The summed E-state index contributed by atoms with van der Waals surface area (Å²) in [7, 11) is 0. The molecule has 4 aromatic heterocycles. The normalized spacial score (nSPS) is 11.3. The SMILES string of the molecule is c1cnn2cc(-c3ccc4[nH]ccc4n3)cc2c1. The van der Waals surface area contributed by atoms with Gasteiger partial charge in [0.15, 0.2) is 0 Å². The standard InChI is InChI=1S/C14H10N4/c1-2-11-8-10(9-18(11)16-6-1)12-3-4-13-14(17-12)5-7-15-13/h1-9,15H. The molecule has 0 aliphatic rings. The third-order valence-electron chi connectivity index (χ3n) is 3.07. The highest BCUT2D eigenvalue weighted by Gasteiger charge is 2.05. The van der Waals surface area contributed by atoms with Crippen LogP contribution >= 0.6 is 0 Å². The number of rotatable bonds is 1. The second-order valence-corrected chi connectivity index (χ2v) is 4.23. The molecule has 4 heterocycles. The molecule has 0 atom stereocenters. The fraction of sp³-hybridized carbons (Fsp3) is 0. The number of nitrogens with one attached hydrogen (secondary N) is 1. The van der Waals surface area contributed by atoms with Crippen LogP contribution in [0.3, 0.4) is 0 Å². The van der Waals surface area contributed by atoms with Crippen LogP contribution in [0.25, 0.3) is 27.8 Å². The quantitative estimate of drug-likeness (QED) is 0.550. The Morgan fingerprint density at radius 3 is 3.06 bits per heavy atom. The number of hydrogen-bond donors (Lipinski definition) is 1. The predicted molar refractivity (Wildman–Crippen MR) is 70.3 cm³/mol. The Hall–Kier alpha value is -2.62. The number of aromatic amines is 1. The van der Waals surface area contributed by atoms with Crippen LogP contribution in [0.4, 0.5) is 0 Å². The minimum atomic E-state index is 0.965. The first-order chi connectivity index (χ1) is 8.90. The van der Waals surface area contributed by atoms with Gasteiger partial charge in [0, 0.05) is 24.2 Å². The van der Waals surface area contributed by atoms with Gasteiger partial charge in [0.05, 0.1) is 22.2 Å². The van der Waals surface area contributed by atoms with Crippen molar-refractivity contribution in [2.24, 2.45) is 0 Å². The van der Waals surface area contributed by atoms with E-state index in [0.717, 1.165) is 27.8 Å². The van der Waals surface area contributed by atoms with Gasteiger partial charge < -0.3 is 4.98 Å². The van der Waals surface area contributed by atoms with Crippen molar-refractivity contribution in [1.29, 1.82) is 0 Å². The molecule has 0 fully saturated rings. The van der Waals surface area contributed by atoms with Crippen molar-refractivity contribution in [1.82, 2.24) is 19.6 Å². The molecule has 4 aromatic rings. The summed E-state index contributed by atoms with van der Waals surface area (Å²) in [5, 5.41) is 4.26. The van der Waals surface area contributed by atoms with E-state index in [1.54, 1.807) is 6.20 Å². The van der Waals surface area contributed by atoms with Crippen molar-refractivity contribution >= 4 is 16.6 Å². The molecule has 0 spiro atoms. The minimum absolute atomic E-state index is 0.965. The molecule has 0 unspecified atom stereocenters. The number of aromatic nitrogens is 4. The van der Waals surface area contributed by atoms with Crippen LogP contribution in [0, 0.1) is 0 Å². The molecular weight excluding hydrogens is 224 g/mol. The Labute approximate surface area is 103 Å². The van der Waals surface area contributed by atoms with Gasteiger partial charge in [0.1, 0.15) is 0 Å². The van der Waals surface area contributed by atoms with Gasteiger partial charge in [-0.2, -0.15) is 5.10 Å². The van der Waals surface area contributed by atoms with E-state index in [1.807, 2.05) is 47.2 Å². The first kappa shape index (κ1) is 9.41. The molecular formula is C14H10N4. The van der Waals surface area contributed by atoms with Crippen molar-refractivity contribution in [2.75, 3.05) is 0 Å². The maximum Gasteiger partial charge on any atom is 0.0886 e. The molecule has 4 rings (SSSR count). The summed E-state index contributed by atoms with van der Waals surface area (Å²) < 4.78 is 1.86. The first-order valence-electron chi connectivity index (χ1n) is 5.78. The van der Waals surface area contributed by atoms with E-state index in [1.165, 1.54) is 0 Å². The Morgan fingerprint density at radius 1 is 1.11 bits per heavy atom. The summed E-state index contributed by atoms with van der Waals surface area (Å²) in [5.74, 6) is 0. The van der Waals surface area contributed by atoms with Crippen LogP contribution in [0.1, 0.15) is 0 Å². The maximum absolute atomic E-state index is 4.63. The molecule has 1 N–H and O–H groups in total. The fourth-order valence-electron chi connectivity index (χ4n) is 2.18. The lowest BCUT2D eigenvalue weighted by Crippen LogP contribution is -1.85. The summed E-state index contributed by atoms with van der Waals surface area (Å²) in [6.07, 6.45) is 5.68. The van der Waals surface area contributed by atoms with E-state index in [0.29, 0.717) is 0 Å². The Balaban J connectivity index is 1.94. The molecule has 0 aliphatic carbocycles. The number of pyridine rings is 1. The van der Waals surface area contributed by atoms with Gasteiger partial charge >= 0.3 is 0 Å². The first-order valence-corrected chi connectivity index (χ1v) is 5.78. The van der Waals surface area contributed by atoms with Crippen LogP contribution in [0.15, 0.2) is 55.0 Å². The van der Waals surface area contributed by atoms with Crippen LogP contribution in [-0.2, 0) is 0 Å². The fourth-order valence-corrected chi connectivity index (χ4v) is 2.18. The summed E-state index contributed by atoms with van der Waals surface area (Å²) in [6.45, 7) is 0. The monoisotopic (exact) mass is 234 g/mol. The summed E-state index contributed by atoms with van der Waals surface area (Å²) >= 11 is 0. The van der Waals surface area contributed by atoms with Gasteiger partial charge in [0.25, 0.3) is 0 Å². The number of fused-ring (bicyclic) bond motifs is 2. The van der Waals surface area contributed by atoms with Crippen LogP contribution in [0.5, 0.6) is 0 Å². The molecule has 4 nitrogen and oxygen atoms in total. The summed E-state index contributed by atoms with van der Waals surface area (Å²) in [5.41, 5.74) is 5.16. The highest BCUT2D eigenvalue weighted by molar-refractivity contribution is 5.79. The lowest BCUT2D eigenvalue weighted by Gasteiger charge is -1.96. The van der Waals surface area contributed by atoms with Crippen molar-refractivity contribution in [3.8, 4) is 11.3 Å². The van der Waals surface area contributed by atoms with E-state index in [9.17, 15) is 0 Å². The Bertz CT molecular complexity index is 808. The molecule has 0 amide bonds. The van der Waals surface area contributed by atoms with Gasteiger partial charge in [0.2, 0.25) is 0 Å². The molecule has 18 heavy (non-hydrogen) atoms. The Morgan fingerprint density at radius 2 is 2.11 bits per heavy atom. The highest BCUT2D eigenvalue weighted by Crippen LogP contribution is 2.22. The molecule has 0 aliphatic heterocycles. The number of H-pyrrole nitrogens is 1. The van der Waals surface area contributed by atoms with Crippen molar-refractivity contribution in [2.45, 2.75) is 0 Å². The molecule has 86 valence electrons. The van der Waals surface area contributed by atoms with Crippen LogP contribution < -0.4 is 0 Å². The zero-order valence-electron chi connectivity index (χ0n) is 9.54. The van der Waals surface area contributed by atoms with Crippen LogP contribution in [0.2, 0.25) is 0 Å². The predicted octanol–water partition coefficient (Wildman–Crippen LogP) is 2.88. The molecule has 0 aromatic carbocycles. The van der Waals surface area contributed by atoms with E-state index < -0.39 is 0 Å². The van der Waals surface area contributed by atoms with Crippen molar-refractivity contribution in [3.05, 3.63) is 55.0 Å². The zero-order chi connectivity index (χ0) is 11.9. The number of nitrogens with zero attached hydrogens (tertiary/aromatic N) is 3. The van der Waals surface area contributed by atoms with E-state index in [4.69, 9.17) is 0 Å². The zero-order valence-corrected chi connectivity index (χ0v) is 9.54.